The molecular formula is C17H26BrN3. The van der Waals surface area contributed by atoms with Crippen LogP contribution in [0.2, 0.25) is 0 Å². The first kappa shape index (κ1) is 15.5. The standard InChI is InChI=1S/C17H26BrN3/c1-13-2-3-14(10-17(13)18)11-20-7-6-16(12-20)21-8-4-15(19)5-9-21/h2-3,10,15-16H,4-9,11-12,19H2,1H3. The molecule has 0 spiro atoms. The largest absolute Gasteiger partial charge is 0.328 e. The van der Waals surface area contributed by atoms with Gasteiger partial charge in [-0.3, -0.25) is 9.80 Å². The molecule has 2 aliphatic rings. The molecule has 21 heavy (non-hydrogen) atoms. The van der Waals surface area contributed by atoms with Gasteiger partial charge in [0.05, 0.1) is 0 Å². The first-order valence-electron chi connectivity index (χ1n) is 8.09. The van der Waals surface area contributed by atoms with Gasteiger partial charge in [0.2, 0.25) is 0 Å². The van der Waals surface area contributed by atoms with E-state index in [0.717, 1.165) is 12.6 Å². The van der Waals surface area contributed by atoms with Crippen LogP contribution in [0.3, 0.4) is 0 Å². The minimum absolute atomic E-state index is 0.434. The molecule has 116 valence electrons. The lowest BCUT2D eigenvalue weighted by molar-refractivity contribution is 0.151. The number of hydrogen-bond acceptors (Lipinski definition) is 3. The van der Waals surface area contributed by atoms with E-state index in [1.54, 1.807) is 0 Å². The van der Waals surface area contributed by atoms with E-state index in [0.29, 0.717) is 6.04 Å². The molecule has 2 fully saturated rings. The van der Waals surface area contributed by atoms with Gasteiger partial charge in [-0.15, -0.1) is 0 Å². The summed E-state index contributed by atoms with van der Waals surface area (Å²) in [6.07, 6.45) is 3.64. The molecule has 3 nitrogen and oxygen atoms in total. The zero-order chi connectivity index (χ0) is 14.8. The van der Waals surface area contributed by atoms with Crippen LogP contribution < -0.4 is 5.73 Å². The van der Waals surface area contributed by atoms with E-state index in [2.05, 4.69) is 50.9 Å². The van der Waals surface area contributed by atoms with Gasteiger partial charge < -0.3 is 5.73 Å². The zero-order valence-corrected chi connectivity index (χ0v) is 14.5. The van der Waals surface area contributed by atoms with Crippen molar-refractivity contribution in [2.75, 3.05) is 26.2 Å². The molecule has 1 unspecified atom stereocenters. The average Bonchev–Trinajstić information content (AvgIpc) is 2.92. The van der Waals surface area contributed by atoms with Crippen LogP contribution in [-0.2, 0) is 6.54 Å². The van der Waals surface area contributed by atoms with Crippen molar-refractivity contribution >= 4 is 15.9 Å². The fourth-order valence-corrected chi connectivity index (χ4v) is 3.96. The van der Waals surface area contributed by atoms with Crippen LogP contribution in [0.25, 0.3) is 0 Å². The topological polar surface area (TPSA) is 32.5 Å². The number of nitrogens with zero attached hydrogens (tertiary/aromatic N) is 2. The van der Waals surface area contributed by atoms with E-state index < -0.39 is 0 Å². The molecule has 0 radical (unpaired) electrons. The lowest BCUT2D eigenvalue weighted by Gasteiger charge is -2.34. The Morgan fingerprint density at radius 3 is 2.67 bits per heavy atom. The van der Waals surface area contributed by atoms with Gasteiger partial charge in [0.1, 0.15) is 0 Å². The molecule has 0 aromatic heterocycles. The molecular weight excluding hydrogens is 326 g/mol. The third-order valence-electron chi connectivity index (χ3n) is 4.98. The predicted octanol–water partition coefficient (Wildman–Crippen LogP) is 2.75. The van der Waals surface area contributed by atoms with Gasteiger partial charge in [0, 0.05) is 36.2 Å². The van der Waals surface area contributed by atoms with Crippen LogP contribution in [0, 0.1) is 6.92 Å². The molecule has 1 aromatic carbocycles. The normalized spacial score (nSPS) is 25.6. The van der Waals surface area contributed by atoms with Crippen molar-refractivity contribution in [1.82, 2.24) is 9.80 Å². The Labute approximate surface area is 136 Å². The van der Waals surface area contributed by atoms with Gasteiger partial charge >= 0.3 is 0 Å². The molecule has 2 N–H and O–H groups in total. The molecule has 0 aliphatic carbocycles. The highest BCUT2D eigenvalue weighted by molar-refractivity contribution is 9.10. The molecule has 3 rings (SSSR count). The Balaban J connectivity index is 1.53. The van der Waals surface area contributed by atoms with Crippen LogP contribution in [-0.4, -0.2) is 48.1 Å². The smallest absolute Gasteiger partial charge is 0.0235 e. The van der Waals surface area contributed by atoms with Crippen molar-refractivity contribution < 1.29 is 0 Å². The summed E-state index contributed by atoms with van der Waals surface area (Å²) >= 11 is 3.64. The number of piperidine rings is 1. The minimum atomic E-state index is 0.434. The van der Waals surface area contributed by atoms with Gasteiger partial charge in [-0.25, -0.2) is 0 Å². The Morgan fingerprint density at radius 1 is 1.19 bits per heavy atom. The first-order valence-corrected chi connectivity index (χ1v) is 8.88. The summed E-state index contributed by atoms with van der Waals surface area (Å²) in [5.41, 5.74) is 8.73. The number of aryl methyl sites for hydroxylation is 1. The molecule has 2 saturated heterocycles. The monoisotopic (exact) mass is 351 g/mol. The maximum Gasteiger partial charge on any atom is 0.0235 e. The number of nitrogens with two attached hydrogens (primary N) is 1. The SMILES string of the molecule is Cc1ccc(CN2CCC(N3CCC(N)CC3)C2)cc1Br. The van der Waals surface area contributed by atoms with Crippen LogP contribution in [0.5, 0.6) is 0 Å². The van der Waals surface area contributed by atoms with E-state index in [1.807, 2.05) is 0 Å². The highest BCUT2D eigenvalue weighted by Gasteiger charge is 2.29. The third-order valence-corrected chi connectivity index (χ3v) is 5.83. The second-order valence-electron chi connectivity index (χ2n) is 6.63. The molecule has 2 aliphatic heterocycles. The Bertz CT molecular complexity index is 483. The highest BCUT2D eigenvalue weighted by atomic mass is 79.9. The van der Waals surface area contributed by atoms with Gasteiger partial charge in [0.25, 0.3) is 0 Å². The van der Waals surface area contributed by atoms with Crippen molar-refractivity contribution in [1.29, 1.82) is 0 Å². The molecule has 0 bridgehead atoms. The molecule has 0 amide bonds. The summed E-state index contributed by atoms with van der Waals surface area (Å²) in [7, 11) is 0. The number of benzene rings is 1. The molecule has 0 saturated carbocycles. The minimum Gasteiger partial charge on any atom is -0.328 e. The third kappa shape index (κ3) is 3.86. The highest BCUT2D eigenvalue weighted by Crippen LogP contribution is 2.23. The lowest BCUT2D eigenvalue weighted by atomic mass is 10.0. The zero-order valence-electron chi connectivity index (χ0n) is 12.9. The molecule has 1 aromatic rings. The van der Waals surface area contributed by atoms with Crippen molar-refractivity contribution in [2.24, 2.45) is 5.73 Å². The number of rotatable bonds is 3. The number of halogens is 1. The molecule has 1 atom stereocenters. The van der Waals surface area contributed by atoms with Gasteiger partial charge in [-0.2, -0.15) is 0 Å². The summed E-state index contributed by atoms with van der Waals surface area (Å²) in [4.78, 5) is 5.25. The van der Waals surface area contributed by atoms with E-state index in [-0.39, 0.29) is 0 Å². The summed E-state index contributed by atoms with van der Waals surface area (Å²) < 4.78 is 1.22. The van der Waals surface area contributed by atoms with Crippen LogP contribution >= 0.6 is 15.9 Å². The Kier molecular flexibility index (Phi) is 4.99. The second kappa shape index (κ2) is 6.78. The number of likely N-dealkylation sites (tertiary alicyclic amines) is 2. The second-order valence-corrected chi connectivity index (χ2v) is 7.49. The molecule has 4 heteroatoms. The fraction of sp³-hybridized carbons (Fsp3) is 0.647. The summed E-state index contributed by atoms with van der Waals surface area (Å²) in [5.74, 6) is 0. The predicted molar refractivity (Wildman–Crippen MR) is 91.3 cm³/mol. The fourth-order valence-electron chi connectivity index (χ4n) is 3.53. The van der Waals surface area contributed by atoms with Crippen molar-refractivity contribution in [3.05, 3.63) is 33.8 Å². The van der Waals surface area contributed by atoms with Crippen molar-refractivity contribution in [3.63, 3.8) is 0 Å². The first-order chi connectivity index (χ1) is 10.1. The summed E-state index contributed by atoms with van der Waals surface area (Å²) in [6, 6.07) is 7.91. The van der Waals surface area contributed by atoms with Crippen LogP contribution in [0.4, 0.5) is 0 Å². The van der Waals surface area contributed by atoms with E-state index in [9.17, 15) is 0 Å². The van der Waals surface area contributed by atoms with Crippen molar-refractivity contribution in [3.8, 4) is 0 Å². The van der Waals surface area contributed by atoms with E-state index >= 15 is 0 Å². The van der Waals surface area contributed by atoms with Crippen molar-refractivity contribution in [2.45, 2.75) is 44.8 Å². The van der Waals surface area contributed by atoms with E-state index in [1.165, 1.54) is 61.0 Å². The summed E-state index contributed by atoms with van der Waals surface area (Å²) in [5, 5.41) is 0. The van der Waals surface area contributed by atoms with Gasteiger partial charge in [-0.1, -0.05) is 28.1 Å². The van der Waals surface area contributed by atoms with Gasteiger partial charge in [-0.05, 0) is 56.5 Å². The quantitative estimate of drug-likeness (QED) is 0.908. The maximum absolute atomic E-state index is 6.01. The van der Waals surface area contributed by atoms with E-state index in [4.69, 9.17) is 5.73 Å². The average molecular weight is 352 g/mol. The lowest BCUT2D eigenvalue weighted by Crippen LogP contribution is -2.46. The maximum atomic E-state index is 6.01. The Morgan fingerprint density at radius 2 is 1.95 bits per heavy atom. The van der Waals surface area contributed by atoms with Crippen LogP contribution in [0.1, 0.15) is 30.4 Å². The number of hydrogen-bond donors (Lipinski definition) is 1. The summed E-state index contributed by atoms with van der Waals surface area (Å²) in [6.45, 7) is 8.02. The van der Waals surface area contributed by atoms with Gasteiger partial charge in [0.15, 0.2) is 0 Å². The molecule has 2 heterocycles. The van der Waals surface area contributed by atoms with Crippen LogP contribution in [0.15, 0.2) is 22.7 Å². The Hall–Kier alpha value is -0.420.